The van der Waals surface area contributed by atoms with E-state index in [1.165, 1.54) is 81.0 Å². The van der Waals surface area contributed by atoms with Crippen LogP contribution in [0.1, 0.15) is 25.0 Å². The molecular formula is C45H32N2S. The van der Waals surface area contributed by atoms with Crippen molar-refractivity contribution in [3.8, 4) is 22.3 Å². The van der Waals surface area contributed by atoms with E-state index in [2.05, 4.69) is 175 Å². The number of para-hydroxylation sites is 1. The molecule has 2 nitrogen and oxygen atoms in total. The summed E-state index contributed by atoms with van der Waals surface area (Å²) in [6.07, 6.45) is 0. The molecule has 0 amide bonds. The summed E-state index contributed by atoms with van der Waals surface area (Å²) in [7, 11) is 0. The van der Waals surface area contributed by atoms with Crippen LogP contribution in [0.3, 0.4) is 0 Å². The van der Waals surface area contributed by atoms with Crippen molar-refractivity contribution in [3.63, 3.8) is 0 Å². The molecule has 0 radical (unpaired) electrons. The summed E-state index contributed by atoms with van der Waals surface area (Å²) in [4.78, 5) is 6.16. The average molecular weight is 633 g/mol. The number of benzene rings is 7. The number of hydrogen-bond acceptors (Lipinski definition) is 2. The Morgan fingerprint density at radius 1 is 0.500 bits per heavy atom. The summed E-state index contributed by atoms with van der Waals surface area (Å²) in [5, 5.41) is 5.14. The second kappa shape index (κ2) is 10.2. The van der Waals surface area contributed by atoms with Gasteiger partial charge in [-0.1, -0.05) is 117 Å². The standard InChI is InChI=1S/C45H32N2S/c1-45(2)39-14-8-6-12-33(39)34-22-20-32(27-40(34)45)47(30-18-16-29(17-19-30)28-10-4-3-5-11-28)31-21-25-42-38(26-31)37-24-23-36-35-13-7-9-15-41(35)46-43(36)44(37)48-42/h3-27,46H,1-2H3. The van der Waals surface area contributed by atoms with Gasteiger partial charge in [-0.15, -0.1) is 11.3 Å². The van der Waals surface area contributed by atoms with Crippen molar-refractivity contribution >= 4 is 70.4 Å². The Labute approximate surface area is 283 Å². The number of nitrogens with one attached hydrogen (secondary N) is 1. The largest absolute Gasteiger partial charge is 0.353 e. The molecule has 1 N–H and O–H groups in total. The maximum absolute atomic E-state index is 3.73. The highest BCUT2D eigenvalue weighted by atomic mass is 32.1. The van der Waals surface area contributed by atoms with Gasteiger partial charge in [0.25, 0.3) is 0 Å². The molecule has 0 unspecified atom stereocenters. The van der Waals surface area contributed by atoms with Gasteiger partial charge in [-0.25, -0.2) is 0 Å². The maximum atomic E-state index is 3.73. The minimum atomic E-state index is -0.0801. The Morgan fingerprint density at radius 2 is 1.17 bits per heavy atom. The molecule has 1 aliphatic rings. The summed E-state index contributed by atoms with van der Waals surface area (Å²) < 4.78 is 2.61. The smallest absolute Gasteiger partial charge is 0.0646 e. The highest BCUT2D eigenvalue weighted by Crippen LogP contribution is 2.51. The molecule has 9 aromatic rings. The SMILES string of the molecule is CC1(C)c2ccccc2-c2ccc(N(c3ccc(-c4ccccc4)cc3)c3ccc4sc5c(ccc6c7ccccc7[nH]c65)c4c3)cc21. The summed E-state index contributed by atoms with van der Waals surface area (Å²) in [6.45, 7) is 4.71. The molecule has 0 saturated heterocycles. The van der Waals surface area contributed by atoms with Crippen LogP contribution in [0.4, 0.5) is 17.1 Å². The van der Waals surface area contributed by atoms with Gasteiger partial charge in [0.1, 0.15) is 0 Å². The van der Waals surface area contributed by atoms with Crippen molar-refractivity contribution in [2.45, 2.75) is 19.3 Å². The van der Waals surface area contributed by atoms with Gasteiger partial charge in [-0.3, -0.25) is 0 Å². The third-order valence-electron chi connectivity index (χ3n) is 10.4. The predicted octanol–water partition coefficient (Wildman–Crippen LogP) is 13.1. The second-order valence-corrected chi connectivity index (χ2v) is 14.5. The first-order chi connectivity index (χ1) is 23.5. The lowest BCUT2D eigenvalue weighted by atomic mass is 9.82. The Balaban J connectivity index is 1.16. The Morgan fingerprint density at radius 3 is 2.04 bits per heavy atom. The van der Waals surface area contributed by atoms with Crippen LogP contribution in [0.25, 0.3) is 64.2 Å². The fourth-order valence-electron chi connectivity index (χ4n) is 7.99. The lowest BCUT2D eigenvalue weighted by Gasteiger charge is -2.28. The molecule has 0 saturated carbocycles. The second-order valence-electron chi connectivity index (χ2n) is 13.5. The predicted molar refractivity (Wildman–Crippen MR) is 206 cm³/mol. The van der Waals surface area contributed by atoms with Crippen molar-refractivity contribution < 1.29 is 0 Å². The highest BCUT2D eigenvalue weighted by molar-refractivity contribution is 7.26. The molecule has 48 heavy (non-hydrogen) atoms. The number of H-pyrrole nitrogens is 1. The molecule has 1 aliphatic carbocycles. The fourth-order valence-corrected chi connectivity index (χ4v) is 9.18. The zero-order valence-corrected chi connectivity index (χ0v) is 27.6. The molecule has 2 heterocycles. The molecule has 0 aliphatic heterocycles. The van der Waals surface area contributed by atoms with Gasteiger partial charge in [0, 0.05) is 54.2 Å². The molecule has 3 heteroatoms. The summed E-state index contributed by atoms with van der Waals surface area (Å²) >= 11 is 1.88. The van der Waals surface area contributed by atoms with Crippen LogP contribution in [0.15, 0.2) is 152 Å². The van der Waals surface area contributed by atoms with Crippen molar-refractivity contribution in [1.29, 1.82) is 0 Å². The first-order valence-electron chi connectivity index (χ1n) is 16.6. The molecule has 228 valence electrons. The number of anilines is 3. The van der Waals surface area contributed by atoms with Crippen LogP contribution in [0.5, 0.6) is 0 Å². The molecule has 0 fully saturated rings. The van der Waals surface area contributed by atoms with Crippen LogP contribution < -0.4 is 4.90 Å². The number of hydrogen-bond donors (Lipinski definition) is 1. The van der Waals surface area contributed by atoms with E-state index in [0.717, 1.165) is 11.4 Å². The van der Waals surface area contributed by atoms with Crippen LogP contribution in [-0.4, -0.2) is 4.98 Å². The van der Waals surface area contributed by atoms with Gasteiger partial charge >= 0.3 is 0 Å². The molecule has 10 rings (SSSR count). The zero-order chi connectivity index (χ0) is 32.0. The Hall–Kier alpha value is -5.64. The molecule has 7 aromatic carbocycles. The first kappa shape index (κ1) is 27.5. The Bertz CT molecular complexity index is 2690. The number of aromatic amines is 1. The van der Waals surface area contributed by atoms with E-state index in [9.17, 15) is 0 Å². The minimum Gasteiger partial charge on any atom is -0.353 e. The summed E-state index contributed by atoms with van der Waals surface area (Å²) in [5.41, 5.74) is 13.7. The number of rotatable bonds is 4. The average Bonchev–Trinajstić information content (AvgIpc) is 3.77. The van der Waals surface area contributed by atoms with E-state index in [0.29, 0.717) is 0 Å². The summed E-state index contributed by atoms with van der Waals surface area (Å²) in [6, 6.07) is 55.8. The van der Waals surface area contributed by atoms with Gasteiger partial charge in [0.05, 0.1) is 10.2 Å². The fraction of sp³-hybridized carbons (Fsp3) is 0.0667. The third-order valence-corrected chi connectivity index (χ3v) is 11.6. The molecule has 0 atom stereocenters. The van der Waals surface area contributed by atoms with E-state index < -0.39 is 0 Å². The maximum Gasteiger partial charge on any atom is 0.0646 e. The topological polar surface area (TPSA) is 19.0 Å². The van der Waals surface area contributed by atoms with Gasteiger partial charge in [-0.05, 0) is 81.9 Å². The van der Waals surface area contributed by atoms with Crippen LogP contribution >= 0.6 is 11.3 Å². The van der Waals surface area contributed by atoms with Gasteiger partial charge in [0.15, 0.2) is 0 Å². The van der Waals surface area contributed by atoms with Crippen molar-refractivity contribution in [1.82, 2.24) is 4.98 Å². The van der Waals surface area contributed by atoms with Crippen LogP contribution in [-0.2, 0) is 5.41 Å². The zero-order valence-electron chi connectivity index (χ0n) is 26.8. The first-order valence-corrected chi connectivity index (χ1v) is 17.4. The number of aromatic nitrogens is 1. The van der Waals surface area contributed by atoms with Crippen LogP contribution in [0.2, 0.25) is 0 Å². The summed E-state index contributed by atoms with van der Waals surface area (Å²) in [5.74, 6) is 0. The normalized spacial score (nSPS) is 13.4. The lowest BCUT2D eigenvalue weighted by Crippen LogP contribution is -2.16. The van der Waals surface area contributed by atoms with Crippen molar-refractivity contribution in [2.75, 3.05) is 4.90 Å². The van der Waals surface area contributed by atoms with E-state index in [1.807, 2.05) is 11.3 Å². The van der Waals surface area contributed by atoms with Crippen molar-refractivity contribution in [3.05, 3.63) is 163 Å². The molecule has 0 spiro atoms. The van der Waals surface area contributed by atoms with Crippen molar-refractivity contribution in [2.24, 2.45) is 0 Å². The number of thiophene rings is 1. The van der Waals surface area contributed by atoms with E-state index in [4.69, 9.17) is 0 Å². The quantitative estimate of drug-likeness (QED) is 0.205. The lowest BCUT2D eigenvalue weighted by molar-refractivity contribution is 0.660. The highest BCUT2D eigenvalue weighted by Gasteiger charge is 2.35. The van der Waals surface area contributed by atoms with E-state index in [-0.39, 0.29) is 5.41 Å². The molecule has 2 aromatic heterocycles. The van der Waals surface area contributed by atoms with Gasteiger partial charge < -0.3 is 9.88 Å². The number of fused-ring (bicyclic) bond motifs is 10. The van der Waals surface area contributed by atoms with Crippen LogP contribution in [0, 0.1) is 0 Å². The molecular weight excluding hydrogens is 601 g/mol. The van der Waals surface area contributed by atoms with Gasteiger partial charge in [0.2, 0.25) is 0 Å². The monoisotopic (exact) mass is 632 g/mol. The van der Waals surface area contributed by atoms with E-state index >= 15 is 0 Å². The Kier molecular flexibility index (Phi) is 5.82. The minimum absolute atomic E-state index is 0.0801. The molecule has 0 bridgehead atoms. The van der Waals surface area contributed by atoms with E-state index in [1.54, 1.807) is 0 Å². The third kappa shape index (κ3) is 3.98. The number of nitrogens with zero attached hydrogens (tertiary/aromatic N) is 1. The van der Waals surface area contributed by atoms with Gasteiger partial charge in [-0.2, -0.15) is 0 Å².